The number of carbonyl (C=O) groups is 2. The molecule has 10 aromatic rings. The van der Waals surface area contributed by atoms with E-state index in [1.807, 2.05) is 56.5 Å². The van der Waals surface area contributed by atoms with Gasteiger partial charge in [0.15, 0.2) is 5.78 Å². The van der Waals surface area contributed by atoms with Crippen molar-refractivity contribution in [2.45, 2.75) is 134 Å². The Balaban J connectivity index is 0.000000257. The Kier molecular flexibility index (Phi) is 45.5. The minimum absolute atomic E-state index is 0.00994. The SMILES string of the molecule is CCCc1c(OCCCSCc2ccc(C(F)(F)P(=O)(O)O)c(Br)c2)ccc(C(C)=O)c1O.CCOC(=O)c1cccc(CSCc2ccc(C(F)(F)P(=O)(O)O)c(Br)c2)c1.Cc1ccc(CSCc2ccc(C(F)(F)P(=O)(O)O)c(Br)c2)cc1.Cc1nc(CSCc2ccc(C(F)(F)P(=O)(O)O)c(Br)c2)cs1.O=P(O)(O)C(F)(F)c1ccc(CSCc2cc(F)cc(F)c2)cc1Br. The van der Waals surface area contributed by atoms with Crippen LogP contribution in [0.2, 0.25) is 0 Å². The average molecular weight is 2400 g/mol. The summed E-state index contributed by atoms with van der Waals surface area (Å²) in [4.78, 5) is 116. The molecule has 0 unspecified atom stereocenters. The molecule has 1 aromatic heterocycles. The smallest absolute Gasteiger partial charge is 0.399 e. The molecule has 9 aromatic carbocycles. The molecule has 726 valence electrons. The number of hydrogen-bond acceptors (Lipinski definition) is 17. The molecule has 10 rings (SSSR count). The van der Waals surface area contributed by atoms with Crippen LogP contribution in [0.1, 0.15) is 148 Å². The normalized spacial score (nSPS) is 12.3. The van der Waals surface area contributed by atoms with E-state index in [4.69, 9.17) is 58.4 Å². The standard InChI is InChI=1S/C22H26BrF2O6PS.C18H18BrF2O5PS.C16H16BrF2O3PS.C15H12BrF4O3PS.C13H13BrF2NO3PS2/c1-3-5-17-20(9-7-16(14(2)26)21(17)27)31-10-4-11-33-13-15-6-8-18(19(23)12-15)22(24,25)32(28,29)30;1-2-26-17(22)14-5-3-4-12(8-14)10-28-11-13-6-7-15(16(19)9-13)18(20,21)27(23,24)25;1-11-2-4-12(5-3-11)9-24-10-13-6-7-14(15(17)8-13)16(18,19)23(20,21)22;16-14-5-9(1-2-13(14)15(19,20)24(21,22)23)7-25-8-10-3-11(17)6-12(18)4-10;1-8-17-10(7-23-8)6-22-5-9-2-3-11(12(14)4-9)13(15,16)21(18,19)20/h6-9,12,27H,3-5,10-11,13H2,1-2H3,(H2,28,29,30);3-9H,2,10-11H2,1H3,(H2,23,24,25);2-8H,9-10H2,1H3,(H2,20,21,22);1-6H,7-8H2,(H2,21,22,23);2-4,7H,5-6H2,1H3,(H2,18,19,20). The predicted molar refractivity (Wildman–Crippen MR) is 516 cm³/mol. The summed E-state index contributed by atoms with van der Waals surface area (Å²) in [6, 6.07) is 40.9. The Bertz CT molecular complexity index is 5910. The van der Waals surface area contributed by atoms with E-state index in [2.05, 4.69) is 84.6 Å². The van der Waals surface area contributed by atoms with Crippen LogP contribution in [-0.4, -0.2) is 89.7 Å². The Morgan fingerprint density at radius 3 is 1.10 bits per heavy atom. The number of nitrogens with zero attached hydrogens (tertiary/aromatic N) is 1. The zero-order valence-electron chi connectivity index (χ0n) is 70.0. The summed E-state index contributed by atoms with van der Waals surface area (Å²) in [6.07, 6.45) is 2.07. The highest BCUT2D eigenvalue weighted by Gasteiger charge is 2.55. The van der Waals surface area contributed by atoms with E-state index in [0.29, 0.717) is 106 Å². The number of benzene rings is 9. The number of rotatable bonds is 38. The summed E-state index contributed by atoms with van der Waals surface area (Å²) in [7, 11) is -28.0. The molecule has 21 nitrogen and oxygen atoms in total. The summed E-state index contributed by atoms with van der Waals surface area (Å²) in [5.41, 5.74) is -15.3. The molecule has 49 heteroatoms. The molecule has 0 amide bonds. The van der Waals surface area contributed by atoms with Crippen LogP contribution in [0, 0.1) is 25.5 Å². The van der Waals surface area contributed by atoms with Gasteiger partial charge in [-0.25, -0.2) is 18.6 Å². The van der Waals surface area contributed by atoms with Gasteiger partial charge in [0.05, 0.1) is 35.0 Å². The maximum atomic E-state index is 13.9. The van der Waals surface area contributed by atoms with Gasteiger partial charge in [0.25, 0.3) is 0 Å². The molecule has 0 saturated heterocycles. The first kappa shape index (κ1) is 117. The second-order valence-corrected chi connectivity index (χ2v) is 47.1. The number of halogens is 17. The zero-order valence-corrected chi connectivity index (χ0v) is 87.3. The van der Waals surface area contributed by atoms with E-state index in [1.165, 1.54) is 114 Å². The fraction of sp³-hybridized carbons (Fsp3) is 0.298. The van der Waals surface area contributed by atoms with E-state index in [9.17, 15) is 90.2 Å². The number of aromatic nitrogens is 1. The highest BCUT2D eigenvalue weighted by Crippen LogP contribution is 2.65. The van der Waals surface area contributed by atoms with Crippen LogP contribution >= 0.6 is 188 Å². The largest absolute Gasteiger partial charge is 0.507 e. The van der Waals surface area contributed by atoms with Gasteiger partial charge in [-0.05, 0) is 158 Å². The molecule has 0 aliphatic carbocycles. The predicted octanol–water partition coefficient (Wildman–Crippen LogP) is 27.2. The van der Waals surface area contributed by atoms with Crippen molar-refractivity contribution >= 4 is 200 Å². The molecule has 0 bridgehead atoms. The van der Waals surface area contributed by atoms with E-state index < -0.39 is 106 Å². The number of phenolic OH excluding ortho intramolecular Hbond substituents is 1. The summed E-state index contributed by atoms with van der Waals surface area (Å²) in [5, 5.41) is 13.3. The highest BCUT2D eigenvalue weighted by atomic mass is 79.9. The first-order chi connectivity index (χ1) is 61.7. The van der Waals surface area contributed by atoms with E-state index in [0.717, 1.165) is 87.3 Å². The lowest BCUT2D eigenvalue weighted by molar-refractivity contribution is 0.0525. The third-order valence-corrected chi connectivity index (χ3v) is 32.3. The monoisotopic (exact) mass is 2400 g/mol. The third kappa shape index (κ3) is 34.7. The number of phenols is 1. The van der Waals surface area contributed by atoms with Gasteiger partial charge in [0.2, 0.25) is 0 Å². The van der Waals surface area contributed by atoms with Crippen molar-refractivity contribution in [2.75, 3.05) is 19.0 Å². The highest BCUT2D eigenvalue weighted by molar-refractivity contribution is 9.11. The minimum Gasteiger partial charge on any atom is -0.507 e. The summed E-state index contributed by atoms with van der Waals surface area (Å²) < 4.78 is 230. The van der Waals surface area contributed by atoms with Crippen molar-refractivity contribution in [1.82, 2.24) is 4.98 Å². The Morgan fingerprint density at radius 2 is 0.767 bits per heavy atom. The van der Waals surface area contributed by atoms with Gasteiger partial charge in [0.1, 0.15) is 23.1 Å². The van der Waals surface area contributed by atoms with Crippen molar-refractivity contribution in [3.8, 4) is 11.5 Å². The molecular formula is C84H85Br5F12NO20P5S6. The van der Waals surface area contributed by atoms with Gasteiger partial charge in [-0.3, -0.25) is 27.6 Å². The van der Waals surface area contributed by atoms with Gasteiger partial charge in [-0.2, -0.15) is 103 Å². The first-order valence-corrected chi connectivity index (χ1v) is 57.0. The number of thiazole rings is 1. The second-order valence-electron chi connectivity index (χ2n) is 28.5. The number of aryl methyl sites for hydroxylation is 2. The van der Waals surface area contributed by atoms with Crippen LogP contribution in [0.15, 0.2) is 198 Å². The van der Waals surface area contributed by atoms with Crippen LogP contribution in [0.25, 0.3) is 0 Å². The van der Waals surface area contributed by atoms with Crippen LogP contribution in [-0.2, 0) is 114 Å². The molecule has 133 heavy (non-hydrogen) atoms. The third-order valence-electron chi connectivity index (χ3n) is 18.0. The van der Waals surface area contributed by atoms with Crippen molar-refractivity contribution in [1.29, 1.82) is 0 Å². The summed E-state index contributed by atoms with van der Waals surface area (Å²) in [5.74, 6) is 4.24. The maximum absolute atomic E-state index is 13.9. The number of thioether (sulfide) groups is 5. The molecule has 0 spiro atoms. The molecule has 1 heterocycles. The topological polar surface area (TPSA) is 373 Å². The summed E-state index contributed by atoms with van der Waals surface area (Å²) >= 11 is 24.0. The number of hydrogen-bond donors (Lipinski definition) is 11. The zero-order chi connectivity index (χ0) is 99.8. The number of ketones is 1. The van der Waals surface area contributed by atoms with E-state index in [-0.39, 0.29) is 45.4 Å². The lowest BCUT2D eigenvalue weighted by atomic mass is 10.0. The van der Waals surface area contributed by atoms with Crippen LogP contribution in [0.5, 0.6) is 11.5 Å². The van der Waals surface area contributed by atoms with Crippen LogP contribution < -0.4 is 4.74 Å². The second kappa shape index (κ2) is 51.7. The molecule has 11 N–H and O–H groups in total. The van der Waals surface area contributed by atoms with Crippen molar-refractivity contribution in [2.24, 2.45) is 0 Å². The fourth-order valence-electron chi connectivity index (χ4n) is 11.3. The molecule has 0 radical (unpaired) electrons. The molecule has 0 aliphatic rings. The number of Topliss-reactive ketones (excluding diaryl/α,β-unsaturated/α-hetero) is 1. The van der Waals surface area contributed by atoms with Crippen LogP contribution in [0.4, 0.5) is 52.7 Å². The molecule has 0 saturated carbocycles. The quantitative estimate of drug-likeness (QED) is 0.00563. The lowest BCUT2D eigenvalue weighted by Crippen LogP contribution is -2.14. The molecule has 0 atom stereocenters. The number of alkyl halides is 10. The van der Waals surface area contributed by atoms with Gasteiger partial charge < -0.3 is 63.5 Å². The van der Waals surface area contributed by atoms with Gasteiger partial charge in [-0.15, -0.1) is 11.3 Å². The van der Waals surface area contributed by atoms with E-state index in [1.54, 1.807) is 83.9 Å². The van der Waals surface area contributed by atoms with Gasteiger partial charge in [0, 0.05) is 119 Å². The number of esters is 1. The van der Waals surface area contributed by atoms with E-state index >= 15 is 0 Å². The lowest BCUT2D eigenvalue weighted by Gasteiger charge is -2.19. The fourth-order valence-corrected chi connectivity index (χ4v) is 23.3. The Hall–Kier alpha value is -4.59. The Morgan fingerprint density at radius 1 is 0.429 bits per heavy atom. The van der Waals surface area contributed by atoms with Gasteiger partial charge in [-0.1, -0.05) is 196 Å². The summed E-state index contributed by atoms with van der Waals surface area (Å²) in [6.45, 7) is 9.75. The first-order valence-electron chi connectivity index (χ1n) is 38.3. The maximum Gasteiger partial charge on any atom is 0.399 e. The molecule has 0 fully saturated rings. The Labute approximate surface area is 824 Å². The van der Waals surface area contributed by atoms with Crippen molar-refractivity contribution in [3.05, 3.63) is 315 Å². The van der Waals surface area contributed by atoms with Crippen molar-refractivity contribution < 1.29 is 149 Å². The number of aromatic hydroxyl groups is 1. The average Bonchev–Trinajstić information content (AvgIpc) is 1.60. The minimum atomic E-state index is -5.64. The molecule has 0 aliphatic heterocycles. The van der Waals surface area contributed by atoms with Gasteiger partial charge >= 0.3 is 72.3 Å². The number of ether oxygens (including phenoxy) is 2. The molecular weight excluding hydrogens is 2320 g/mol. The number of carbonyl (C=O) groups excluding carboxylic acids is 2. The van der Waals surface area contributed by atoms with Crippen LogP contribution in [0.3, 0.4) is 0 Å². The van der Waals surface area contributed by atoms with Crippen molar-refractivity contribution in [3.63, 3.8) is 0 Å².